The van der Waals surface area contributed by atoms with Gasteiger partial charge in [0.15, 0.2) is 5.65 Å². The molecule has 2 atom stereocenters. The number of rotatable bonds is 5. The SMILES string of the molecule is Cc1ccc(F)c(NC(=O)Nc2ccc(-c3cc(C(C)S(=O)[O-])nc4c3cnn4C)cc2)c1. The third kappa shape index (κ3) is 4.76. The fraction of sp³-hybridized carbons (Fsp3) is 0.174. The van der Waals surface area contributed by atoms with Crippen molar-refractivity contribution < 1.29 is 17.9 Å². The number of halogens is 1. The highest BCUT2D eigenvalue weighted by Gasteiger charge is 2.16. The van der Waals surface area contributed by atoms with Gasteiger partial charge in [-0.05, 0) is 72.0 Å². The maximum absolute atomic E-state index is 13.9. The van der Waals surface area contributed by atoms with E-state index in [-0.39, 0.29) is 5.69 Å². The fourth-order valence-corrected chi connectivity index (χ4v) is 3.75. The van der Waals surface area contributed by atoms with E-state index in [0.29, 0.717) is 17.0 Å². The number of hydrogen-bond acceptors (Lipinski definition) is 5. The van der Waals surface area contributed by atoms with Gasteiger partial charge in [-0.15, -0.1) is 0 Å². The molecule has 8 nitrogen and oxygen atoms in total. The predicted molar refractivity (Wildman–Crippen MR) is 125 cm³/mol. The molecule has 0 saturated heterocycles. The molecule has 0 aliphatic carbocycles. The summed E-state index contributed by atoms with van der Waals surface area (Å²) < 4.78 is 38.5. The van der Waals surface area contributed by atoms with Crippen LogP contribution in [0.15, 0.2) is 54.7 Å². The quantitative estimate of drug-likeness (QED) is 0.415. The summed E-state index contributed by atoms with van der Waals surface area (Å²) in [6, 6.07) is 12.6. The number of nitrogens with zero attached hydrogens (tertiary/aromatic N) is 3. The summed E-state index contributed by atoms with van der Waals surface area (Å²) >= 11 is -2.32. The Balaban J connectivity index is 1.60. The lowest BCUT2D eigenvalue weighted by Crippen LogP contribution is -2.20. The van der Waals surface area contributed by atoms with E-state index in [1.165, 1.54) is 6.07 Å². The topological polar surface area (TPSA) is 112 Å². The molecule has 0 bridgehead atoms. The molecule has 4 aromatic rings. The van der Waals surface area contributed by atoms with Crippen molar-refractivity contribution in [2.75, 3.05) is 10.6 Å². The van der Waals surface area contributed by atoms with E-state index in [9.17, 15) is 17.9 Å². The van der Waals surface area contributed by atoms with Gasteiger partial charge in [-0.1, -0.05) is 18.2 Å². The number of pyridine rings is 1. The molecule has 0 saturated carbocycles. The summed E-state index contributed by atoms with van der Waals surface area (Å²) in [4.78, 5) is 16.8. The molecule has 0 aliphatic heterocycles. The van der Waals surface area contributed by atoms with Crippen molar-refractivity contribution in [2.24, 2.45) is 7.05 Å². The predicted octanol–water partition coefficient (Wildman–Crippen LogP) is 4.67. The lowest BCUT2D eigenvalue weighted by molar-refractivity contribution is 0.262. The van der Waals surface area contributed by atoms with Gasteiger partial charge in [0.05, 0.1) is 22.8 Å². The van der Waals surface area contributed by atoms with E-state index in [1.807, 2.05) is 0 Å². The molecule has 33 heavy (non-hydrogen) atoms. The number of anilines is 2. The molecule has 170 valence electrons. The van der Waals surface area contributed by atoms with E-state index in [1.54, 1.807) is 74.2 Å². The summed E-state index contributed by atoms with van der Waals surface area (Å²) in [5.74, 6) is -0.520. The second kappa shape index (κ2) is 9.08. The fourth-order valence-electron chi connectivity index (χ4n) is 3.43. The zero-order valence-electron chi connectivity index (χ0n) is 18.1. The first-order valence-corrected chi connectivity index (χ1v) is 11.2. The van der Waals surface area contributed by atoms with Gasteiger partial charge in [0, 0.05) is 18.1 Å². The Morgan fingerprint density at radius 3 is 2.58 bits per heavy atom. The van der Waals surface area contributed by atoms with Crippen LogP contribution < -0.4 is 10.6 Å². The van der Waals surface area contributed by atoms with E-state index in [2.05, 4.69) is 20.7 Å². The third-order valence-corrected chi connectivity index (χ3v) is 6.07. The second-order valence-corrected chi connectivity index (χ2v) is 8.87. The molecule has 4 rings (SSSR count). The molecule has 2 aromatic carbocycles. The maximum Gasteiger partial charge on any atom is 0.323 e. The monoisotopic (exact) mass is 466 g/mol. The Kier molecular flexibility index (Phi) is 6.21. The van der Waals surface area contributed by atoms with Crippen LogP contribution in [0.1, 0.15) is 23.4 Å². The van der Waals surface area contributed by atoms with Crippen molar-refractivity contribution in [3.8, 4) is 11.1 Å². The summed E-state index contributed by atoms with van der Waals surface area (Å²) in [6.45, 7) is 3.38. The molecular weight excluding hydrogens is 445 g/mol. The second-order valence-electron chi connectivity index (χ2n) is 7.64. The Labute approximate surface area is 192 Å². The number of carbonyl (C=O) groups excluding carboxylic acids is 1. The first kappa shape index (κ1) is 22.6. The number of aryl methyl sites for hydroxylation is 2. The summed E-state index contributed by atoms with van der Waals surface area (Å²) in [5.41, 5.74) is 3.99. The largest absolute Gasteiger partial charge is 0.772 e. The van der Waals surface area contributed by atoms with Crippen LogP contribution in [0.5, 0.6) is 0 Å². The highest BCUT2D eigenvalue weighted by molar-refractivity contribution is 7.79. The van der Waals surface area contributed by atoms with Crippen LogP contribution in [0.4, 0.5) is 20.6 Å². The Hall–Kier alpha value is -3.63. The number of amides is 2. The molecule has 0 radical (unpaired) electrons. The van der Waals surface area contributed by atoms with Crippen LogP contribution in [0.2, 0.25) is 0 Å². The van der Waals surface area contributed by atoms with Crippen LogP contribution in [-0.2, 0) is 18.1 Å². The van der Waals surface area contributed by atoms with Crippen molar-refractivity contribution in [2.45, 2.75) is 19.1 Å². The first-order valence-electron chi connectivity index (χ1n) is 10.1. The molecular formula is C23H21FN5O3S-. The van der Waals surface area contributed by atoms with E-state index < -0.39 is 28.2 Å². The Morgan fingerprint density at radius 1 is 1.15 bits per heavy atom. The smallest absolute Gasteiger partial charge is 0.323 e. The Bertz CT molecular complexity index is 1370. The van der Waals surface area contributed by atoms with Crippen molar-refractivity contribution in [1.29, 1.82) is 0 Å². The summed E-state index contributed by atoms with van der Waals surface area (Å²) in [6.07, 6.45) is 1.68. The van der Waals surface area contributed by atoms with Gasteiger partial charge in [-0.2, -0.15) is 5.10 Å². The van der Waals surface area contributed by atoms with Crippen LogP contribution in [-0.4, -0.2) is 29.6 Å². The molecule has 2 amide bonds. The van der Waals surface area contributed by atoms with Gasteiger partial charge in [0.25, 0.3) is 0 Å². The highest BCUT2D eigenvalue weighted by Crippen LogP contribution is 2.32. The minimum Gasteiger partial charge on any atom is -0.772 e. The minimum atomic E-state index is -2.32. The maximum atomic E-state index is 13.9. The molecule has 2 N–H and O–H groups in total. The lowest BCUT2D eigenvalue weighted by Gasteiger charge is -2.16. The Morgan fingerprint density at radius 2 is 1.88 bits per heavy atom. The van der Waals surface area contributed by atoms with Crippen LogP contribution in [0, 0.1) is 12.7 Å². The van der Waals surface area contributed by atoms with E-state index >= 15 is 0 Å². The molecule has 0 spiro atoms. The number of carbonyl (C=O) groups is 1. The number of fused-ring (bicyclic) bond motifs is 1. The minimum absolute atomic E-state index is 0.0947. The molecule has 2 heterocycles. The van der Waals surface area contributed by atoms with Crippen molar-refractivity contribution in [3.63, 3.8) is 0 Å². The number of aromatic nitrogens is 3. The zero-order chi connectivity index (χ0) is 23.7. The zero-order valence-corrected chi connectivity index (χ0v) is 18.9. The number of urea groups is 1. The van der Waals surface area contributed by atoms with Crippen LogP contribution in [0.3, 0.4) is 0 Å². The van der Waals surface area contributed by atoms with Crippen molar-refractivity contribution in [3.05, 3.63) is 71.8 Å². The molecule has 2 aromatic heterocycles. The van der Waals surface area contributed by atoms with Crippen LogP contribution >= 0.6 is 0 Å². The highest BCUT2D eigenvalue weighted by atomic mass is 32.2. The number of benzene rings is 2. The summed E-state index contributed by atoms with van der Waals surface area (Å²) in [5, 5.41) is 9.41. The molecule has 0 aliphatic rings. The average Bonchev–Trinajstić information content (AvgIpc) is 3.16. The molecule has 0 fully saturated rings. The van der Waals surface area contributed by atoms with Gasteiger partial charge < -0.3 is 15.2 Å². The van der Waals surface area contributed by atoms with Gasteiger partial charge in [-0.3, -0.25) is 8.89 Å². The third-order valence-electron chi connectivity index (χ3n) is 5.25. The standard InChI is InChI=1S/C23H22FN5O3S/c1-13-4-9-19(24)21(10-13)28-23(30)26-16-7-5-15(6-8-16)17-11-20(14(2)33(31)32)27-22-18(17)12-25-29(22)3/h4-12,14H,1-3H3,(H,31,32)(H2,26,28,30)/p-1. The van der Waals surface area contributed by atoms with Crippen molar-refractivity contribution in [1.82, 2.24) is 14.8 Å². The van der Waals surface area contributed by atoms with Crippen molar-refractivity contribution >= 4 is 39.5 Å². The lowest BCUT2D eigenvalue weighted by atomic mass is 10.0. The van der Waals surface area contributed by atoms with Gasteiger partial charge in [-0.25, -0.2) is 14.2 Å². The number of nitrogens with one attached hydrogen (secondary N) is 2. The summed E-state index contributed by atoms with van der Waals surface area (Å²) in [7, 11) is 1.74. The van der Waals surface area contributed by atoms with Gasteiger partial charge in [0.1, 0.15) is 5.82 Å². The van der Waals surface area contributed by atoms with E-state index in [4.69, 9.17) is 0 Å². The average molecular weight is 467 g/mol. The van der Waals surface area contributed by atoms with Gasteiger partial charge >= 0.3 is 6.03 Å². The van der Waals surface area contributed by atoms with E-state index in [0.717, 1.165) is 22.1 Å². The molecule has 2 unspecified atom stereocenters. The number of hydrogen-bond donors (Lipinski definition) is 2. The molecule has 10 heteroatoms. The normalized spacial score (nSPS) is 13.0. The first-order chi connectivity index (χ1) is 15.7. The van der Waals surface area contributed by atoms with Crippen LogP contribution in [0.25, 0.3) is 22.2 Å². The van der Waals surface area contributed by atoms with Gasteiger partial charge in [0.2, 0.25) is 0 Å².